The van der Waals surface area contributed by atoms with Gasteiger partial charge in [-0.1, -0.05) is 26.0 Å². The Hall–Kier alpha value is -1.11. The Balaban J connectivity index is 3.08. The summed E-state index contributed by atoms with van der Waals surface area (Å²) in [7, 11) is -0.403. The molecule has 0 aliphatic rings. The molecule has 20 heavy (non-hydrogen) atoms. The van der Waals surface area contributed by atoms with E-state index in [1.807, 2.05) is 6.07 Å². The predicted molar refractivity (Wildman–Crippen MR) is 83.2 cm³/mol. The Morgan fingerprint density at radius 2 is 1.85 bits per heavy atom. The van der Waals surface area contributed by atoms with E-state index < -0.39 is 10.0 Å². The number of nitrogens with zero attached hydrogens (tertiary/aromatic N) is 1. The van der Waals surface area contributed by atoms with Crippen LogP contribution in [0.3, 0.4) is 0 Å². The number of nitrogens with two attached hydrogens (primary N) is 1. The van der Waals surface area contributed by atoms with Crippen molar-refractivity contribution in [3.63, 3.8) is 0 Å². The fourth-order valence-electron chi connectivity index (χ4n) is 2.01. The summed E-state index contributed by atoms with van der Waals surface area (Å²) < 4.78 is 25.8. The van der Waals surface area contributed by atoms with E-state index in [-0.39, 0.29) is 10.9 Å². The lowest BCUT2D eigenvalue weighted by molar-refractivity contribution is 0.515. The monoisotopic (exact) mass is 299 g/mol. The van der Waals surface area contributed by atoms with Gasteiger partial charge in [-0.05, 0) is 24.5 Å². The van der Waals surface area contributed by atoms with Gasteiger partial charge in [-0.3, -0.25) is 0 Å². The Morgan fingerprint density at radius 3 is 2.35 bits per heavy atom. The van der Waals surface area contributed by atoms with Gasteiger partial charge < -0.3 is 11.1 Å². The molecule has 0 saturated heterocycles. The summed E-state index contributed by atoms with van der Waals surface area (Å²) in [5.41, 5.74) is 6.37. The maximum atomic E-state index is 12.3. The quantitative estimate of drug-likeness (QED) is 0.804. The molecule has 0 radical (unpaired) electrons. The largest absolute Gasteiger partial charge is 0.380 e. The van der Waals surface area contributed by atoms with Gasteiger partial charge in [-0.15, -0.1) is 0 Å². The van der Waals surface area contributed by atoms with Crippen molar-refractivity contribution in [1.29, 1.82) is 0 Å². The highest BCUT2D eigenvalue weighted by Crippen LogP contribution is 2.24. The van der Waals surface area contributed by atoms with Crippen LogP contribution in [-0.4, -0.2) is 39.4 Å². The number of benzene rings is 1. The molecular weight excluding hydrogens is 274 g/mol. The smallest absolute Gasteiger partial charge is 0.244 e. The zero-order chi connectivity index (χ0) is 15.3. The van der Waals surface area contributed by atoms with E-state index in [1.165, 1.54) is 18.4 Å². The number of para-hydroxylation sites is 1. The summed E-state index contributed by atoms with van der Waals surface area (Å²) in [4.78, 5) is 0.284. The maximum Gasteiger partial charge on any atom is 0.244 e. The van der Waals surface area contributed by atoms with E-state index in [9.17, 15) is 8.42 Å². The van der Waals surface area contributed by atoms with Crippen LogP contribution in [0.4, 0.5) is 5.69 Å². The molecule has 3 N–H and O–H groups in total. The van der Waals surface area contributed by atoms with Crippen LogP contribution in [0.5, 0.6) is 0 Å². The van der Waals surface area contributed by atoms with Crippen molar-refractivity contribution in [1.82, 2.24) is 4.31 Å². The van der Waals surface area contributed by atoms with Gasteiger partial charge in [0.15, 0.2) is 0 Å². The number of nitrogens with one attached hydrogen (secondary N) is 1. The van der Waals surface area contributed by atoms with Crippen molar-refractivity contribution in [2.45, 2.75) is 31.2 Å². The topological polar surface area (TPSA) is 75.4 Å². The third kappa shape index (κ3) is 4.19. The first-order chi connectivity index (χ1) is 9.28. The lowest BCUT2D eigenvalue weighted by Gasteiger charge is -2.22. The highest BCUT2D eigenvalue weighted by atomic mass is 32.2. The lowest BCUT2D eigenvalue weighted by atomic mass is 10.0. The fourth-order valence-corrected chi connectivity index (χ4v) is 3.06. The third-order valence-corrected chi connectivity index (χ3v) is 4.92. The molecule has 0 fully saturated rings. The SMILES string of the molecule is CC(C)CC(CN)Nc1ccccc1S(=O)(=O)N(C)C. The number of anilines is 1. The van der Waals surface area contributed by atoms with Crippen LogP contribution in [0.15, 0.2) is 29.2 Å². The molecule has 0 heterocycles. The molecule has 0 aromatic heterocycles. The minimum absolute atomic E-state index is 0.0634. The Kier molecular flexibility index (Phi) is 5.98. The van der Waals surface area contributed by atoms with Crippen LogP contribution in [0.25, 0.3) is 0 Å². The van der Waals surface area contributed by atoms with E-state index >= 15 is 0 Å². The lowest BCUT2D eigenvalue weighted by Crippen LogP contribution is -2.31. The number of sulfonamides is 1. The Labute approximate surface area is 122 Å². The van der Waals surface area contributed by atoms with Crippen LogP contribution < -0.4 is 11.1 Å². The van der Waals surface area contributed by atoms with E-state index in [0.29, 0.717) is 18.2 Å². The van der Waals surface area contributed by atoms with Crippen molar-refractivity contribution in [2.75, 3.05) is 26.0 Å². The normalized spacial score (nSPS) is 13.8. The van der Waals surface area contributed by atoms with Crippen LogP contribution in [0.1, 0.15) is 20.3 Å². The molecular formula is C14H25N3O2S. The van der Waals surface area contributed by atoms with Crippen molar-refractivity contribution in [3.05, 3.63) is 24.3 Å². The second-order valence-electron chi connectivity index (χ2n) is 5.49. The van der Waals surface area contributed by atoms with Gasteiger partial charge in [0.1, 0.15) is 4.90 Å². The second-order valence-corrected chi connectivity index (χ2v) is 7.61. The molecule has 1 aromatic carbocycles. The van der Waals surface area contributed by atoms with Crippen LogP contribution in [0.2, 0.25) is 0 Å². The molecule has 1 atom stereocenters. The zero-order valence-corrected chi connectivity index (χ0v) is 13.4. The Morgan fingerprint density at radius 1 is 1.25 bits per heavy atom. The molecule has 0 saturated carbocycles. The summed E-state index contributed by atoms with van der Waals surface area (Å²) in [5, 5.41) is 3.26. The first-order valence-electron chi connectivity index (χ1n) is 6.77. The molecule has 114 valence electrons. The summed E-state index contributed by atoms with van der Waals surface area (Å²) in [6.45, 7) is 4.70. The average Bonchev–Trinajstić information content (AvgIpc) is 2.37. The van der Waals surface area contributed by atoms with E-state index in [0.717, 1.165) is 6.42 Å². The molecule has 1 unspecified atom stereocenters. The maximum absolute atomic E-state index is 12.3. The second kappa shape index (κ2) is 7.06. The number of hydrogen-bond donors (Lipinski definition) is 2. The molecule has 0 aliphatic carbocycles. The summed E-state index contributed by atoms with van der Waals surface area (Å²) >= 11 is 0. The number of rotatable bonds is 7. The zero-order valence-electron chi connectivity index (χ0n) is 12.6. The predicted octanol–water partition coefficient (Wildman–Crippen LogP) is 1.72. The molecule has 1 aromatic rings. The van der Waals surface area contributed by atoms with E-state index in [2.05, 4.69) is 19.2 Å². The van der Waals surface area contributed by atoms with Gasteiger partial charge in [0.2, 0.25) is 10.0 Å². The molecule has 0 amide bonds. The standard InChI is InChI=1S/C14H25N3O2S/c1-11(2)9-12(10-15)16-13-7-5-6-8-14(13)20(18,19)17(3)4/h5-8,11-12,16H,9-10,15H2,1-4H3. The van der Waals surface area contributed by atoms with E-state index in [4.69, 9.17) is 5.73 Å². The van der Waals surface area contributed by atoms with Crippen molar-refractivity contribution in [2.24, 2.45) is 11.7 Å². The first kappa shape index (κ1) is 16.9. The van der Waals surface area contributed by atoms with Gasteiger partial charge in [0.05, 0.1) is 5.69 Å². The van der Waals surface area contributed by atoms with Crippen molar-refractivity contribution >= 4 is 15.7 Å². The van der Waals surface area contributed by atoms with Crippen LogP contribution in [-0.2, 0) is 10.0 Å². The third-order valence-electron chi connectivity index (χ3n) is 3.05. The molecule has 0 aliphatic heterocycles. The van der Waals surface area contributed by atoms with Gasteiger partial charge in [-0.25, -0.2) is 12.7 Å². The van der Waals surface area contributed by atoms with Gasteiger partial charge in [0.25, 0.3) is 0 Å². The minimum atomic E-state index is -3.46. The van der Waals surface area contributed by atoms with Crippen LogP contribution >= 0.6 is 0 Å². The van der Waals surface area contributed by atoms with Crippen molar-refractivity contribution in [3.8, 4) is 0 Å². The van der Waals surface area contributed by atoms with Gasteiger partial charge >= 0.3 is 0 Å². The van der Waals surface area contributed by atoms with Crippen molar-refractivity contribution < 1.29 is 8.42 Å². The molecule has 1 rings (SSSR count). The molecule has 5 nitrogen and oxygen atoms in total. The fraction of sp³-hybridized carbons (Fsp3) is 0.571. The molecule has 0 bridgehead atoms. The number of hydrogen-bond acceptors (Lipinski definition) is 4. The Bertz CT molecular complexity index is 527. The average molecular weight is 299 g/mol. The highest BCUT2D eigenvalue weighted by Gasteiger charge is 2.22. The van der Waals surface area contributed by atoms with Gasteiger partial charge in [-0.2, -0.15) is 0 Å². The van der Waals surface area contributed by atoms with Crippen LogP contribution in [0, 0.1) is 5.92 Å². The van der Waals surface area contributed by atoms with E-state index in [1.54, 1.807) is 18.2 Å². The summed E-state index contributed by atoms with van der Waals surface area (Å²) in [6.07, 6.45) is 0.896. The molecule has 0 spiro atoms. The summed E-state index contributed by atoms with van der Waals surface area (Å²) in [5.74, 6) is 0.494. The van der Waals surface area contributed by atoms with Gasteiger partial charge in [0, 0.05) is 26.7 Å². The molecule has 6 heteroatoms. The first-order valence-corrected chi connectivity index (χ1v) is 8.21. The highest BCUT2D eigenvalue weighted by molar-refractivity contribution is 7.89. The minimum Gasteiger partial charge on any atom is -0.380 e. The summed E-state index contributed by atoms with van der Waals surface area (Å²) in [6, 6.07) is 7.00.